The van der Waals surface area contributed by atoms with Crippen molar-refractivity contribution in [1.82, 2.24) is 9.78 Å². The molecule has 2 N–H and O–H groups in total. The molecule has 0 radical (unpaired) electrons. The minimum absolute atomic E-state index is 0.232. The number of halogens is 1. The Labute approximate surface area is 159 Å². The minimum atomic E-state index is -0.486. The predicted molar refractivity (Wildman–Crippen MR) is 103 cm³/mol. The number of hydrogen-bond acceptors (Lipinski definition) is 4. The molecule has 8 heteroatoms. The van der Waals surface area contributed by atoms with Crippen LogP contribution in [0.25, 0.3) is 11.3 Å². The van der Waals surface area contributed by atoms with Crippen molar-refractivity contribution in [3.63, 3.8) is 0 Å². The summed E-state index contributed by atoms with van der Waals surface area (Å²) in [6.45, 7) is 1.04. The molecule has 0 aliphatic heterocycles. The van der Waals surface area contributed by atoms with E-state index in [0.29, 0.717) is 11.4 Å². The number of anilines is 2. The van der Waals surface area contributed by atoms with Gasteiger partial charge in [-0.05, 0) is 36.4 Å². The van der Waals surface area contributed by atoms with Crippen LogP contribution in [0.5, 0.6) is 0 Å². The standard InChI is InChI=1S/C20H17FN4O3/c1-13(26)22-14-5-4-6-15(11-14)23-19(27)12-25-20(28)10-9-18(24-25)16-7-2-3-8-17(16)21/h2-11H,12H2,1H3,(H,22,26)(H,23,27). The molecular weight excluding hydrogens is 363 g/mol. The molecule has 0 bridgehead atoms. The van der Waals surface area contributed by atoms with Crippen molar-refractivity contribution in [2.75, 3.05) is 10.6 Å². The second-order valence-corrected chi connectivity index (χ2v) is 6.00. The molecule has 1 aromatic heterocycles. The molecular formula is C20H17FN4O3. The van der Waals surface area contributed by atoms with E-state index in [4.69, 9.17) is 0 Å². The summed E-state index contributed by atoms with van der Waals surface area (Å²) in [6.07, 6.45) is 0. The van der Waals surface area contributed by atoms with E-state index in [2.05, 4.69) is 15.7 Å². The van der Waals surface area contributed by atoms with Crippen LogP contribution in [0.15, 0.2) is 65.5 Å². The molecule has 0 aliphatic rings. The number of carbonyl (C=O) groups is 2. The number of amides is 2. The lowest BCUT2D eigenvalue weighted by molar-refractivity contribution is -0.117. The third-order valence-corrected chi connectivity index (χ3v) is 3.78. The normalized spacial score (nSPS) is 10.4. The van der Waals surface area contributed by atoms with Gasteiger partial charge < -0.3 is 10.6 Å². The van der Waals surface area contributed by atoms with E-state index in [1.54, 1.807) is 42.5 Å². The molecule has 28 heavy (non-hydrogen) atoms. The van der Waals surface area contributed by atoms with Crippen LogP contribution in [-0.4, -0.2) is 21.6 Å². The Bertz CT molecular complexity index is 1090. The monoisotopic (exact) mass is 380 g/mol. The van der Waals surface area contributed by atoms with Crippen molar-refractivity contribution in [3.8, 4) is 11.3 Å². The first-order valence-corrected chi connectivity index (χ1v) is 8.43. The van der Waals surface area contributed by atoms with Gasteiger partial charge in [0.25, 0.3) is 5.56 Å². The van der Waals surface area contributed by atoms with E-state index in [9.17, 15) is 18.8 Å². The van der Waals surface area contributed by atoms with Gasteiger partial charge in [0.1, 0.15) is 12.4 Å². The lowest BCUT2D eigenvalue weighted by atomic mass is 10.1. The second kappa shape index (κ2) is 8.26. The number of aromatic nitrogens is 2. The van der Waals surface area contributed by atoms with E-state index in [-0.39, 0.29) is 23.7 Å². The van der Waals surface area contributed by atoms with Crippen molar-refractivity contribution in [3.05, 3.63) is 76.8 Å². The van der Waals surface area contributed by atoms with Crippen LogP contribution in [0, 0.1) is 5.82 Å². The Hall–Kier alpha value is -3.81. The highest BCUT2D eigenvalue weighted by Crippen LogP contribution is 2.19. The summed E-state index contributed by atoms with van der Waals surface area (Å²) >= 11 is 0. The van der Waals surface area contributed by atoms with Gasteiger partial charge in [0, 0.05) is 29.9 Å². The van der Waals surface area contributed by atoms with Gasteiger partial charge in [0.15, 0.2) is 0 Å². The van der Waals surface area contributed by atoms with Gasteiger partial charge >= 0.3 is 0 Å². The predicted octanol–water partition coefficient (Wildman–Crippen LogP) is 2.65. The van der Waals surface area contributed by atoms with E-state index >= 15 is 0 Å². The molecule has 0 fully saturated rings. The summed E-state index contributed by atoms with van der Waals surface area (Å²) in [6, 6.07) is 15.3. The Morgan fingerprint density at radius 3 is 2.43 bits per heavy atom. The van der Waals surface area contributed by atoms with Crippen LogP contribution >= 0.6 is 0 Å². The van der Waals surface area contributed by atoms with E-state index < -0.39 is 17.3 Å². The van der Waals surface area contributed by atoms with E-state index in [1.807, 2.05) is 0 Å². The number of nitrogens with zero attached hydrogens (tertiary/aromatic N) is 2. The molecule has 0 unspecified atom stereocenters. The first kappa shape index (κ1) is 19.0. The summed E-state index contributed by atoms with van der Waals surface area (Å²) < 4.78 is 14.9. The van der Waals surface area contributed by atoms with Crippen LogP contribution in [0.1, 0.15) is 6.92 Å². The molecule has 3 aromatic rings. The van der Waals surface area contributed by atoms with Gasteiger partial charge in [0.05, 0.1) is 5.69 Å². The average molecular weight is 380 g/mol. The van der Waals surface area contributed by atoms with Crippen LogP contribution in [0.2, 0.25) is 0 Å². The van der Waals surface area contributed by atoms with E-state index in [0.717, 1.165) is 4.68 Å². The third kappa shape index (κ3) is 4.67. The summed E-state index contributed by atoms with van der Waals surface area (Å²) in [4.78, 5) is 35.5. The first-order chi connectivity index (χ1) is 13.4. The highest BCUT2D eigenvalue weighted by molar-refractivity contribution is 5.93. The SMILES string of the molecule is CC(=O)Nc1cccc(NC(=O)Cn2nc(-c3ccccc3F)ccc2=O)c1. The van der Waals surface area contributed by atoms with Crippen LogP contribution in [0.3, 0.4) is 0 Å². The summed E-state index contributed by atoms with van der Waals surface area (Å²) in [5, 5.41) is 9.34. The van der Waals surface area contributed by atoms with Gasteiger partial charge in [-0.25, -0.2) is 9.07 Å². The lowest BCUT2D eigenvalue weighted by Gasteiger charge is -2.10. The fraction of sp³-hybridized carbons (Fsp3) is 0.100. The fourth-order valence-corrected chi connectivity index (χ4v) is 2.59. The summed E-state index contributed by atoms with van der Waals surface area (Å²) in [5.74, 6) is -1.19. The van der Waals surface area contributed by atoms with Crippen LogP contribution < -0.4 is 16.2 Å². The van der Waals surface area contributed by atoms with Gasteiger partial charge in [-0.15, -0.1) is 0 Å². The molecule has 0 saturated carbocycles. The van der Waals surface area contributed by atoms with Crippen LogP contribution in [-0.2, 0) is 16.1 Å². The number of rotatable bonds is 5. The minimum Gasteiger partial charge on any atom is -0.326 e. The summed E-state index contributed by atoms with van der Waals surface area (Å²) in [7, 11) is 0. The molecule has 0 aliphatic carbocycles. The van der Waals surface area contributed by atoms with E-state index in [1.165, 1.54) is 25.1 Å². The highest BCUT2D eigenvalue weighted by Gasteiger charge is 2.11. The van der Waals surface area contributed by atoms with Crippen molar-refractivity contribution >= 4 is 23.2 Å². The molecule has 142 valence electrons. The number of carbonyl (C=O) groups excluding carboxylic acids is 2. The number of benzene rings is 2. The zero-order chi connectivity index (χ0) is 20.1. The molecule has 2 amide bonds. The average Bonchev–Trinajstić information content (AvgIpc) is 2.64. The van der Waals surface area contributed by atoms with Gasteiger partial charge in [-0.1, -0.05) is 18.2 Å². The van der Waals surface area contributed by atoms with Gasteiger partial charge in [-0.3, -0.25) is 14.4 Å². The highest BCUT2D eigenvalue weighted by atomic mass is 19.1. The largest absolute Gasteiger partial charge is 0.326 e. The summed E-state index contributed by atoms with van der Waals surface area (Å²) in [5.41, 5.74) is 0.983. The van der Waals surface area contributed by atoms with Gasteiger partial charge in [-0.2, -0.15) is 5.10 Å². The lowest BCUT2D eigenvalue weighted by Crippen LogP contribution is -2.29. The van der Waals surface area contributed by atoms with Crippen molar-refractivity contribution in [2.24, 2.45) is 0 Å². The Balaban J connectivity index is 1.77. The maximum absolute atomic E-state index is 13.9. The molecule has 0 saturated heterocycles. The quantitative estimate of drug-likeness (QED) is 0.712. The Morgan fingerprint density at radius 1 is 1.00 bits per heavy atom. The zero-order valence-corrected chi connectivity index (χ0v) is 15.0. The maximum atomic E-state index is 13.9. The molecule has 0 spiro atoms. The first-order valence-electron chi connectivity index (χ1n) is 8.43. The smallest absolute Gasteiger partial charge is 0.267 e. The number of hydrogen-bond donors (Lipinski definition) is 2. The molecule has 0 atom stereocenters. The number of nitrogens with one attached hydrogen (secondary N) is 2. The second-order valence-electron chi connectivity index (χ2n) is 6.00. The molecule has 1 heterocycles. The van der Waals surface area contributed by atoms with Crippen molar-refractivity contribution in [1.29, 1.82) is 0 Å². The van der Waals surface area contributed by atoms with Crippen molar-refractivity contribution < 1.29 is 14.0 Å². The maximum Gasteiger partial charge on any atom is 0.267 e. The fourth-order valence-electron chi connectivity index (χ4n) is 2.59. The van der Waals surface area contributed by atoms with Crippen molar-refractivity contribution in [2.45, 2.75) is 13.5 Å². The molecule has 3 rings (SSSR count). The Kier molecular flexibility index (Phi) is 5.59. The van der Waals surface area contributed by atoms with Gasteiger partial charge in [0.2, 0.25) is 11.8 Å². The Morgan fingerprint density at radius 2 is 1.71 bits per heavy atom. The molecule has 2 aromatic carbocycles. The van der Waals surface area contributed by atoms with Crippen LogP contribution in [0.4, 0.5) is 15.8 Å². The zero-order valence-electron chi connectivity index (χ0n) is 15.0. The topological polar surface area (TPSA) is 93.1 Å². The third-order valence-electron chi connectivity index (χ3n) is 3.78. The molecule has 7 nitrogen and oxygen atoms in total.